The number of oxime groups is 3. The SMILES string of the molecule is Cc1cc(C2=NOC(c3cc(Cl)cc(Cl)c3)(C(F)(F)F)C2)ccc1C(=O)NC1CSC1.Cc1cc(C2=NOC(c3cc(Cl)cc(Cl)c3)(C(F)(F)F)C2)sc1C(=O)NCC(=O)NCC(F)(F)F.O=C(CNC(=O)c1ccc(C2=NOC(c3cc(Cl)cc(C(F)(F)F)c3)(C(F)(F)F)C2)c2ccccc12)NCC(F)(F)F. The molecule has 3 unspecified atom stereocenters. The van der Waals surface area contributed by atoms with E-state index in [1.165, 1.54) is 73.7 Å². The number of halogens is 23. The number of nitrogens with zero attached hydrogens (tertiary/aromatic N) is 3. The van der Waals surface area contributed by atoms with E-state index in [4.69, 9.17) is 72.5 Å². The zero-order chi connectivity index (χ0) is 79.7. The first-order valence-electron chi connectivity index (χ1n) is 30.7. The van der Waals surface area contributed by atoms with Crippen LogP contribution in [0.4, 0.5) is 79.0 Å². The lowest BCUT2D eigenvalue weighted by Crippen LogP contribution is -2.44. The summed E-state index contributed by atoms with van der Waals surface area (Å²) in [6, 6.07) is 23.3. The molecule has 0 aliphatic carbocycles. The summed E-state index contributed by atoms with van der Waals surface area (Å²) in [6.45, 7) is -1.43. The van der Waals surface area contributed by atoms with Crippen LogP contribution in [0.1, 0.15) is 99.0 Å². The monoisotopic (exact) mass is 1670 g/mol. The largest absolute Gasteiger partial charge is 0.435 e. The third kappa shape index (κ3) is 19.4. The topological polar surface area (TPSA) is 210 Å². The van der Waals surface area contributed by atoms with Gasteiger partial charge in [0, 0.05) is 88.9 Å². The molecular weight excluding hydrogens is 1630 g/mol. The van der Waals surface area contributed by atoms with Crippen molar-refractivity contribution < 1.29 is 118 Å². The van der Waals surface area contributed by atoms with Crippen LogP contribution in [0.25, 0.3) is 10.8 Å². The molecule has 4 aliphatic heterocycles. The first kappa shape index (κ1) is 83.6. The van der Waals surface area contributed by atoms with Crippen molar-refractivity contribution in [2.24, 2.45) is 15.5 Å². The molecule has 41 heteroatoms. The third-order valence-electron chi connectivity index (χ3n) is 16.4. The second-order valence-electron chi connectivity index (χ2n) is 24.2. The van der Waals surface area contributed by atoms with E-state index in [2.05, 4.69) is 31.4 Å². The van der Waals surface area contributed by atoms with E-state index in [0.29, 0.717) is 34.4 Å². The van der Waals surface area contributed by atoms with Crippen molar-refractivity contribution in [3.63, 3.8) is 0 Å². The highest BCUT2D eigenvalue weighted by atomic mass is 35.5. The van der Waals surface area contributed by atoms with Crippen LogP contribution < -0.4 is 26.6 Å². The number of amides is 5. The van der Waals surface area contributed by atoms with Gasteiger partial charge < -0.3 is 41.1 Å². The Morgan fingerprint density at radius 3 is 1.37 bits per heavy atom. The maximum absolute atomic E-state index is 14.4. The number of fused-ring (bicyclic) bond motifs is 1. The number of carbonyl (C=O) groups is 5. The molecule has 0 saturated carbocycles. The Hall–Kier alpha value is -8.42. The van der Waals surface area contributed by atoms with Crippen LogP contribution in [-0.2, 0) is 47.1 Å². The number of hydrogen-bond acceptors (Lipinski definition) is 13. The van der Waals surface area contributed by atoms with E-state index in [1.54, 1.807) is 47.5 Å². The lowest BCUT2D eigenvalue weighted by molar-refractivity contribution is -0.276. The number of nitrogens with one attached hydrogen (secondary N) is 5. The minimum absolute atomic E-state index is 0.0293. The molecule has 1 saturated heterocycles. The Labute approximate surface area is 631 Å². The van der Waals surface area contributed by atoms with Crippen molar-refractivity contribution in [1.29, 1.82) is 0 Å². The number of rotatable bonds is 16. The smallest absolute Gasteiger partial charge is 0.374 e. The van der Waals surface area contributed by atoms with Crippen molar-refractivity contribution >= 4 is 139 Å². The molecule has 4 aliphatic rings. The van der Waals surface area contributed by atoms with Gasteiger partial charge in [0.15, 0.2) is 0 Å². The Kier molecular flexibility index (Phi) is 25.0. The first-order chi connectivity index (χ1) is 50.1. The summed E-state index contributed by atoms with van der Waals surface area (Å²) in [5, 5.41) is 21.3. The summed E-state index contributed by atoms with van der Waals surface area (Å²) >= 11 is 31.9. The van der Waals surface area contributed by atoms with Gasteiger partial charge in [0.05, 0.1) is 46.3 Å². The van der Waals surface area contributed by atoms with E-state index in [-0.39, 0.29) is 98.0 Å². The van der Waals surface area contributed by atoms with Gasteiger partial charge in [-0.05, 0) is 120 Å². The zero-order valence-electron chi connectivity index (χ0n) is 54.5. The van der Waals surface area contributed by atoms with Gasteiger partial charge in [-0.2, -0.15) is 90.8 Å². The number of hydrogen-bond donors (Lipinski definition) is 5. The Bertz CT molecular complexity index is 4700. The van der Waals surface area contributed by atoms with Crippen molar-refractivity contribution in [2.45, 2.75) is 93.0 Å². The molecule has 5 heterocycles. The van der Waals surface area contributed by atoms with E-state index >= 15 is 0 Å². The molecule has 1 fully saturated rings. The Balaban J connectivity index is 0.000000189. The molecule has 578 valence electrons. The summed E-state index contributed by atoms with van der Waals surface area (Å²) in [6.07, 6.45) is -31.5. The van der Waals surface area contributed by atoms with E-state index in [9.17, 15) is 103 Å². The van der Waals surface area contributed by atoms with Crippen LogP contribution in [0.15, 0.2) is 131 Å². The molecule has 16 nitrogen and oxygen atoms in total. The molecular formula is C67H49Cl5F18N8O8S2. The number of aryl methyl sites for hydroxylation is 2. The number of thiophene rings is 1. The summed E-state index contributed by atoms with van der Waals surface area (Å²) in [5.41, 5.74) is -10.1. The van der Waals surface area contributed by atoms with Crippen LogP contribution >= 0.6 is 81.1 Å². The van der Waals surface area contributed by atoms with Gasteiger partial charge in [-0.15, -0.1) is 11.3 Å². The van der Waals surface area contributed by atoms with Gasteiger partial charge in [-0.25, -0.2) is 0 Å². The number of thioether (sulfide) groups is 1. The molecule has 11 rings (SSSR count). The van der Waals surface area contributed by atoms with Crippen LogP contribution in [0.2, 0.25) is 25.1 Å². The molecule has 7 aromatic rings. The summed E-state index contributed by atoms with van der Waals surface area (Å²) in [4.78, 5) is 75.8. The van der Waals surface area contributed by atoms with E-state index < -0.39 is 139 Å². The van der Waals surface area contributed by atoms with Crippen molar-refractivity contribution in [2.75, 3.05) is 37.7 Å². The number of alkyl halides is 18. The standard InChI is InChI=1S/C26H17ClF9N3O3.C21H17Cl2F3N2O2S.C20H15Cl2F6N3O3S/c27-15-8-13(7-14(9-15)25(31,32)33)23(26(34,35)36)10-20(39-42-23)18-5-6-19(17-4-2-1-3-16(17)18)22(41)37-11-21(40)38-12-24(28,29)30;1-11-4-12(2-3-17(11)19(29)27-16-9-31-10-16)18-8-20(30-28-18,21(24,25)26)13-5-14(22)7-15(23)6-13;1-9-2-14(35-16(9)17(33)29-7-15(32)30-8-19(23,24)25)13-6-18(34-31-13,20(26,27)28)10-3-11(21)5-12(22)4-10/h1-9H,10-12H2,(H,37,41)(H,38,40);2-7,16H,8-10H2,1H3,(H,27,29);2-5H,6-8H2,1H3,(H,29,33)(H,30,32). The fourth-order valence-corrected chi connectivity index (χ4v) is 14.0. The van der Waals surface area contributed by atoms with Gasteiger partial charge in [0.25, 0.3) is 34.5 Å². The molecule has 5 N–H and O–H groups in total. The zero-order valence-corrected chi connectivity index (χ0v) is 59.9. The molecule has 6 aromatic carbocycles. The predicted molar refractivity (Wildman–Crippen MR) is 365 cm³/mol. The van der Waals surface area contributed by atoms with Crippen LogP contribution in [0.5, 0.6) is 0 Å². The molecule has 1 aromatic heterocycles. The first-order valence-corrected chi connectivity index (χ1v) is 34.6. The summed E-state index contributed by atoms with van der Waals surface area (Å²) in [7, 11) is 0. The van der Waals surface area contributed by atoms with Crippen LogP contribution in [0.3, 0.4) is 0 Å². The molecule has 108 heavy (non-hydrogen) atoms. The minimum atomic E-state index is -5.24. The quantitative estimate of drug-likeness (QED) is 0.0582. The molecule has 0 spiro atoms. The molecule has 0 bridgehead atoms. The average Bonchev–Trinajstić information content (AvgIpc) is 1.56. The second kappa shape index (κ2) is 32.3. The maximum Gasteiger partial charge on any atom is 0.435 e. The van der Waals surface area contributed by atoms with Crippen molar-refractivity contribution in [3.8, 4) is 0 Å². The highest BCUT2D eigenvalue weighted by molar-refractivity contribution is 8.00. The third-order valence-corrected chi connectivity index (χ3v) is 20.0. The van der Waals surface area contributed by atoms with Crippen LogP contribution in [-0.4, -0.2) is 121 Å². The van der Waals surface area contributed by atoms with Crippen molar-refractivity contribution in [3.05, 3.63) is 206 Å². The van der Waals surface area contributed by atoms with E-state index in [0.717, 1.165) is 35.0 Å². The Morgan fingerprint density at radius 2 is 0.907 bits per heavy atom. The predicted octanol–water partition coefficient (Wildman–Crippen LogP) is 17.6. The molecule has 0 radical (unpaired) electrons. The summed E-state index contributed by atoms with van der Waals surface area (Å²) < 4.78 is 241. The molecule has 3 atom stereocenters. The van der Waals surface area contributed by atoms with Gasteiger partial charge in [0.1, 0.15) is 18.8 Å². The highest BCUT2D eigenvalue weighted by Crippen LogP contribution is 2.54. The fraction of sp³-hybridized carbons (Fsp3) is 0.313. The lowest BCUT2D eigenvalue weighted by Gasteiger charge is -2.30. The number of carbonyl (C=O) groups excluding carboxylic acids is 5. The van der Waals surface area contributed by atoms with Gasteiger partial charge >= 0.3 is 37.1 Å². The maximum atomic E-state index is 14.4. The average molecular weight is 1680 g/mol. The fourth-order valence-electron chi connectivity index (χ4n) is 11.0. The Morgan fingerprint density at radius 1 is 0.472 bits per heavy atom. The van der Waals surface area contributed by atoms with Crippen LogP contribution in [0, 0.1) is 13.8 Å². The van der Waals surface area contributed by atoms with Gasteiger partial charge in [-0.3, -0.25) is 24.0 Å². The summed E-state index contributed by atoms with van der Waals surface area (Å²) in [5.74, 6) is -2.27. The second-order valence-corrected chi connectivity index (χ2v) is 28.5. The van der Waals surface area contributed by atoms with Gasteiger partial charge in [0.2, 0.25) is 11.8 Å². The minimum Gasteiger partial charge on any atom is -0.374 e. The highest BCUT2D eigenvalue weighted by Gasteiger charge is 2.65. The molecule has 5 amide bonds. The lowest BCUT2D eigenvalue weighted by atomic mass is 9.84. The normalized spacial score (nSPS) is 18.8. The van der Waals surface area contributed by atoms with E-state index in [1.807, 2.05) is 0 Å². The van der Waals surface area contributed by atoms with Crippen molar-refractivity contribution in [1.82, 2.24) is 26.6 Å². The number of benzene rings is 6. The van der Waals surface area contributed by atoms with Gasteiger partial charge in [-0.1, -0.05) is 110 Å².